The third-order valence-corrected chi connectivity index (χ3v) is 5.47. The number of aromatic nitrogens is 2. The number of anilines is 2. The lowest BCUT2D eigenvalue weighted by Crippen LogP contribution is -2.15. The first-order valence-electron chi connectivity index (χ1n) is 8.64. The zero-order chi connectivity index (χ0) is 19.4. The number of rotatable bonds is 7. The minimum absolute atomic E-state index is 0.0589. The van der Waals surface area contributed by atoms with Gasteiger partial charge in [0.25, 0.3) is 10.0 Å². The van der Waals surface area contributed by atoms with Gasteiger partial charge in [-0.25, -0.2) is 8.42 Å². The molecule has 0 unspecified atom stereocenters. The number of hydrogen-bond donors (Lipinski definition) is 2. The van der Waals surface area contributed by atoms with Crippen molar-refractivity contribution in [3.8, 4) is 11.5 Å². The number of sulfonamides is 1. The van der Waals surface area contributed by atoms with Gasteiger partial charge in [0.1, 0.15) is 5.82 Å². The molecular formula is C19H18N4O4S. The highest BCUT2D eigenvalue weighted by Crippen LogP contribution is 2.34. The zero-order valence-electron chi connectivity index (χ0n) is 14.8. The van der Waals surface area contributed by atoms with E-state index in [1.165, 1.54) is 17.7 Å². The van der Waals surface area contributed by atoms with Crippen LogP contribution in [0.1, 0.15) is 5.56 Å². The molecule has 0 fully saturated rings. The van der Waals surface area contributed by atoms with Crippen LogP contribution >= 0.6 is 0 Å². The van der Waals surface area contributed by atoms with E-state index in [0.29, 0.717) is 23.9 Å². The predicted molar refractivity (Wildman–Crippen MR) is 104 cm³/mol. The number of nitrogens with zero attached hydrogens (tertiary/aromatic N) is 2. The third-order valence-electron chi connectivity index (χ3n) is 4.12. The van der Waals surface area contributed by atoms with E-state index >= 15 is 0 Å². The average molecular weight is 398 g/mol. The first-order chi connectivity index (χ1) is 13.6. The largest absolute Gasteiger partial charge is 0.454 e. The van der Waals surface area contributed by atoms with Gasteiger partial charge < -0.3 is 14.8 Å². The topological polar surface area (TPSA) is 102 Å². The molecule has 0 saturated carbocycles. The normalized spacial score (nSPS) is 12.6. The monoisotopic (exact) mass is 398 g/mol. The van der Waals surface area contributed by atoms with E-state index in [9.17, 15) is 8.42 Å². The molecule has 9 heteroatoms. The molecule has 8 nitrogen and oxygen atoms in total. The van der Waals surface area contributed by atoms with E-state index in [0.717, 1.165) is 6.42 Å². The van der Waals surface area contributed by atoms with Crippen LogP contribution in [0, 0.1) is 0 Å². The highest BCUT2D eigenvalue weighted by molar-refractivity contribution is 7.92. The van der Waals surface area contributed by atoms with Crippen molar-refractivity contribution < 1.29 is 17.9 Å². The van der Waals surface area contributed by atoms with E-state index in [-0.39, 0.29) is 17.5 Å². The Hall–Kier alpha value is -3.33. The highest BCUT2D eigenvalue weighted by atomic mass is 32.2. The molecule has 0 saturated heterocycles. The van der Waals surface area contributed by atoms with E-state index in [1.807, 2.05) is 18.2 Å². The van der Waals surface area contributed by atoms with Gasteiger partial charge in [0.05, 0.1) is 4.90 Å². The Labute approximate surface area is 162 Å². The molecule has 4 rings (SSSR count). The lowest BCUT2D eigenvalue weighted by molar-refractivity contribution is 0.174. The summed E-state index contributed by atoms with van der Waals surface area (Å²) in [6, 6.07) is 17.7. The molecule has 28 heavy (non-hydrogen) atoms. The highest BCUT2D eigenvalue weighted by Gasteiger charge is 2.20. The maximum atomic E-state index is 12.5. The summed E-state index contributed by atoms with van der Waals surface area (Å²) in [5.41, 5.74) is 1.22. The van der Waals surface area contributed by atoms with Crippen molar-refractivity contribution in [2.24, 2.45) is 0 Å². The molecule has 0 atom stereocenters. The fourth-order valence-corrected chi connectivity index (χ4v) is 3.71. The summed E-state index contributed by atoms with van der Waals surface area (Å²) in [5, 5.41) is 11.1. The van der Waals surface area contributed by atoms with Gasteiger partial charge in [-0.05, 0) is 36.2 Å². The van der Waals surface area contributed by atoms with Gasteiger partial charge in [-0.2, -0.15) is 0 Å². The van der Waals surface area contributed by atoms with Crippen LogP contribution in [0.5, 0.6) is 11.5 Å². The first kappa shape index (κ1) is 18.1. The Kier molecular flexibility index (Phi) is 4.98. The number of fused-ring (bicyclic) bond motifs is 1. The van der Waals surface area contributed by atoms with Gasteiger partial charge >= 0.3 is 0 Å². The summed E-state index contributed by atoms with van der Waals surface area (Å²) in [5.74, 6) is 1.62. The SMILES string of the molecule is O=S(=O)(Nc1ccc(NCCc2ccccc2)nn1)c1ccc2c(c1)OCO2. The molecule has 2 heterocycles. The average Bonchev–Trinajstić information content (AvgIpc) is 3.18. The summed E-state index contributed by atoms with van der Waals surface area (Å²) >= 11 is 0. The summed E-state index contributed by atoms with van der Waals surface area (Å²) in [4.78, 5) is 0.0589. The molecule has 1 aliphatic rings. The Morgan fingerprint density at radius 2 is 1.64 bits per heavy atom. The van der Waals surface area contributed by atoms with Gasteiger partial charge in [0.15, 0.2) is 17.3 Å². The van der Waals surface area contributed by atoms with Crippen molar-refractivity contribution in [2.75, 3.05) is 23.4 Å². The van der Waals surface area contributed by atoms with Gasteiger partial charge in [0.2, 0.25) is 6.79 Å². The zero-order valence-corrected chi connectivity index (χ0v) is 15.6. The second-order valence-corrected chi connectivity index (χ2v) is 7.77. The Morgan fingerprint density at radius 3 is 2.43 bits per heavy atom. The fourth-order valence-electron chi connectivity index (χ4n) is 2.70. The summed E-state index contributed by atoms with van der Waals surface area (Å²) in [6.45, 7) is 0.775. The summed E-state index contributed by atoms with van der Waals surface area (Å²) in [6.07, 6.45) is 0.848. The summed E-state index contributed by atoms with van der Waals surface area (Å²) in [7, 11) is -3.81. The molecule has 0 amide bonds. The molecule has 1 aromatic heterocycles. The van der Waals surface area contributed by atoms with Crippen LogP contribution in [0.2, 0.25) is 0 Å². The molecule has 2 aromatic carbocycles. The number of benzene rings is 2. The van der Waals surface area contributed by atoms with Crippen molar-refractivity contribution >= 4 is 21.7 Å². The molecule has 1 aliphatic heterocycles. The number of ether oxygens (including phenoxy) is 2. The Morgan fingerprint density at radius 1 is 0.893 bits per heavy atom. The first-order valence-corrected chi connectivity index (χ1v) is 10.1. The molecule has 2 N–H and O–H groups in total. The van der Waals surface area contributed by atoms with Crippen LogP contribution in [0.15, 0.2) is 65.6 Å². The van der Waals surface area contributed by atoms with Crippen molar-refractivity contribution in [3.05, 3.63) is 66.2 Å². The van der Waals surface area contributed by atoms with Crippen LogP contribution in [0.3, 0.4) is 0 Å². The lowest BCUT2D eigenvalue weighted by atomic mass is 10.1. The second kappa shape index (κ2) is 7.73. The number of nitrogens with one attached hydrogen (secondary N) is 2. The number of hydrogen-bond acceptors (Lipinski definition) is 7. The van der Waals surface area contributed by atoms with Crippen molar-refractivity contribution in [1.82, 2.24) is 10.2 Å². The molecule has 0 radical (unpaired) electrons. The molecular weight excluding hydrogens is 380 g/mol. The lowest BCUT2D eigenvalue weighted by Gasteiger charge is -2.09. The standard InChI is InChI=1S/C19H18N4O4S/c24-28(25,15-6-7-16-17(12-15)27-13-26-16)23-19-9-8-18(21-22-19)20-11-10-14-4-2-1-3-5-14/h1-9,12H,10-11,13H2,(H,20,21)(H,22,23). The van der Waals surface area contributed by atoms with E-state index < -0.39 is 10.0 Å². The third kappa shape index (κ3) is 4.15. The van der Waals surface area contributed by atoms with Crippen LogP contribution in [-0.2, 0) is 16.4 Å². The van der Waals surface area contributed by atoms with Gasteiger partial charge in [-0.3, -0.25) is 4.72 Å². The minimum Gasteiger partial charge on any atom is -0.454 e. The minimum atomic E-state index is -3.81. The summed E-state index contributed by atoms with van der Waals surface area (Å²) < 4.78 is 37.9. The maximum Gasteiger partial charge on any atom is 0.263 e. The molecule has 0 bridgehead atoms. The van der Waals surface area contributed by atoms with Gasteiger partial charge in [-0.15, -0.1) is 10.2 Å². The van der Waals surface area contributed by atoms with Crippen molar-refractivity contribution in [1.29, 1.82) is 0 Å². The van der Waals surface area contributed by atoms with Crippen LogP contribution in [-0.4, -0.2) is 32.0 Å². The van der Waals surface area contributed by atoms with Crippen LogP contribution < -0.4 is 19.5 Å². The maximum absolute atomic E-state index is 12.5. The van der Waals surface area contributed by atoms with Crippen molar-refractivity contribution in [2.45, 2.75) is 11.3 Å². The van der Waals surface area contributed by atoms with E-state index in [1.54, 1.807) is 18.2 Å². The Bertz CT molecular complexity index is 1060. The molecule has 3 aromatic rings. The van der Waals surface area contributed by atoms with Crippen molar-refractivity contribution in [3.63, 3.8) is 0 Å². The van der Waals surface area contributed by atoms with Gasteiger partial charge in [-0.1, -0.05) is 30.3 Å². The molecule has 144 valence electrons. The Balaban J connectivity index is 1.37. The predicted octanol–water partition coefficient (Wildman–Crippen LogP) is 2.66. The van der Waals surface area contributed by atoms with E-state index in [2.05, 4.69) is 32.4 Å². The van der Waals surface area contributed by atoms with Crippen LogP contribution in [0.25, 0.3) is 0 Å². The molecule has 0 aliphatic carbocycles. The fraction of sp³-hybridized carbons (Fsp3) is 0.158. The second-order valence-electron chi connectivity index (χ2n) is 6.09. The van der Waals surface area contributed by atoms with Crippen LogP contribution in [0.4, 0.5) is 11.6 Å². The smallest absolute Gasteiger partial charge is 0.263 e. The van der Waals surface area contributed by atoms with Gasteiger partial charge in [0, 0.05) is 12.6 Å². The van der Waals surface area contributed by atoms with E-state index in [4.69, 9.17) is 9.47 Å². The quantitative estimate of drug-likeness (QED) is 0.631. The molecule has 0 spiro atoms.